The number of amides is 2. The van der Waals surface area contributed by atoms with E-state index >= 15 is 0 Å². The third-order valence-electron chi connectivity index (χ3n) is 6.98. The number of nitriles is 1. The zero-order valence-corrected chi connectivity index (χ0v) is 22.9. The second kappa shape index (κ2) is 12.9. The fourth-order valence-corrected chi connectivity index (χ4v) is 5.00. The van der Waals surface area contributed by atoms with Crippen molar-refractivity contribution >= 4 is 17.5 Å². The number of rotatable bonds is 10. The molecule has 1 aliphatic rings. The van der Waals surface area contributed by atoms with Gasteiger partial charge in [-0.3, -0.25) is 14.6 Å². The van der Waals surface area contributed by atoms with Gasteiger partial charge in [0.15, 0.2) is 0 Å². The van der Waals surface area contributed by atoms with Crippen LogP contribution in [0.1, 0.15) is 39.5 Å². The molecule has 1 aliphatic heterocycles. The lowest BCUT2D eigenvalue weighted by molar-refractivity contribution is -0.118. The summed E-state index contributed by atoms with van der Waals surface area (Å²) in [5.74, 6) is 0.408. The summed E-state index contributed by atoms with van der Waals surface area (Å²) in [4.78, 5) is 30.9. The third-order valence-corrected chi connectivity index (χ3v) is 6.98. The summed E-state index contributed by atoms with van der Waals surface area (Å²) < 4.78 is 6.19. The molecule has 0 unspecified atom stereocenters. The molecule has 2 N–H and O–H groups in total. The van der Waals surface area contributed by atoms with Crippen LogP contribution in [0.5, 0.6) is 5.75 Å². The molecule has 2 amide bonds. The number of hydrogen-bond acceptors (Lipinski definition) is 6. The number of benzene rings is 3. The van der Waals surface area contributed by atoms with Crippen molar-refractivity contribution in [2.24, 2.45) is 0 Å². The lowest BCUT2D eigenvalue weighted by Crippen LogP contribution is -2.30. The first-order valence-corrected chi connectivity index (χ1v) is 13.6. The van der Waals surface area contributed by atoms with Crippen molar-refractivity contribution < 1.29 is 14.3 Å². The van der Waals surface area contributed by atoms with Gasteiger partial charge in [0.05, 0.1) is 5.56 Å². The summed E-state index contributed by atoms with van der Waals surface area (Å²) in [5, 5.41) is 15.3. The summed E-state index contributed by atoms with van der Waals surface area (Å²) in [7, 11) is 0. The van der Waals surface area contributed by atoms with Crippen LogP contribution in [0, 0.1) is 11.3 Å². The monoisotopic (exact) mass is 545 g/mol. The number of ether oxygens (including phenoxy) is 1. The molecule has 0 saturated carbocycles. The first-order chi connectivity index (χ1) is 20.0. The van der Waals surface area contributed by atoms with Gasteiger partial charge in [-0.2, -0.15) is 5.26 Å². The average Bonchev–Trinajstić information content (AvgIpc) is 3.44. The standard InChI is InChI=1S/C33H31N5O3/c1-23(39)37-14-13-35-21-28-11-10-27(17-32(28)41-22-25-16-24(18-34)19-36-20-25)33(40)38-15-12-30-29(8-5-9-31(30)38)26-6-3-2-4-7-26/h2-11,16-17,19-20,35H,12-15,21-22H2,1H3,(H,37,39). The van der Waals surface area contributed by atoms with Gasteiger partial charge < -0.3 is 20.3 Å². The van der Waals surface area contributed by atoms with E-state index in [-0.39, 0.29) is 18.4 Å². The second-order valence-corrected chi connectivity index (χ2v) is 9.84. The van der Waals surface area contributed by atoms with Crippen LogP contribution in [0.3, 0.4) is 0 Å². The number of nitrogens with zero attached hydrogens (tertiary/aromatic N) is 3. The van der Waals surface area contributed by atoms with Crippen molar-refractivity contribution in [3.63, 3.8) is 0 Å². The topological polar surface area (TPSA) is 107 Å². The van der Waals surface area contributed by atoms with Crippen molar-refractivity contribution in [2.75, 3.05) is 24.5 Å². The van der Waals surface area contributed by atoms with Crippen LogP contribution in [0.15, 0.2) is 85.2 Å². The van der Waals surface area contributed by atoms with Gasteiger partial charge in [0.2, 0.25) is 5.91 Å². The minimum atomic E-state index is -0.0860. The largest absolute Gasteiger partial charge is 0.488 e. The first kappa shape index (κ1) is 27.6. The molecule has 0 aliphatic carbocycles. The summed E-state index contributed by atoms with van der Waals surface area (Å²) in [5.41, 5.74) is 7.02. The van der Waals surface area contributed by atoms with Crippen molar-refractivity contribution in [3.05, 3.63) is 113 Å². The minimum absolute atomic E-state index is 0.0775. The van der Waals surface area contributed by atoms with Gasteiger partial charge in [-0.1, -0.05) is 48.5 Å². The Morgan fingerprint density at radius 3 is 2.68 bits per heavy atom. The Balaban J connectivity index is 1.38. The smallest absolute Gasteiger partial charge is 0.258 e. The number of pyridine rings is 1. The molecule has 0 bridgehead atoms. The van der Waals surface area contributed by atoms with E-state index in [4.69, 9.17) is 4.74 Å². The van der Waals surface area contributed by atoms with Crippen LogP contribution in [0.4, 0.5) is 5.69 Å². The Hall–Kier alpha value is -5.00. The Labute approximate surface area is 239 Å². The predicted octanol–water partition coefficient (Wildman–Crippen LogP) is 4.63. The first-order valence-electron chi connectivity index (χ1n) is 13.6. The van der Waals surface area contributed by atoms with E-state index in [1.807, 2.05) is 47.4 Å². The molecule has 8 nitrogen and oxygen atoms in total. The third kappa shape index (κ3) is 6.60. The molecule has 1 aromatic heterocycles. The van der Waals surface area contributed by atoms with E-state index in [0.29, 0.717) is 43.1 Å². The van der Waals surface area contributed by atoms with E-state index in [2.05, 4.69) is 39.9 Å². The van der Waals surface area contributed by atoms with E-state index in [1.54, 1.807) is 18.3 Å². The quantitative estimate of drug-likeness (QED) is 0.282. The van der Waals surface area contributed by atoms with Crippen LogP contribution in [0.25, 0.3) is 11.1 Å². The predicted molar refractivity (Wildman–Crippen MR) is 157 cm³/mol. The highest BCUT2D eigenvalue weighted by Crippen LogP contribution is 2.37. The number of fused-ring (bicyclic) bond motifs is 1. The van der Waals surface area contributed by atoms with Crippen LogP contribution >= 0.6 is 0 Å². The van der Waals surface area contributed by atoms with Crippen molar-refractivity contribution in [1.82, 2.24) is 15.6 Å². The number of carbonyl (C=O) groups excluding carboxylic acids is 2. The molecule has 3 aromatic carbocycles. The van der Waals surface area contributed by atoms with Crippen LogP contribution in [-0.4, -0.2) is 36.4 Å². The SMILES string of the molecule is CC(=O)NCCNCc1ccc(C(=O)N2CCc3c(-c4ccccc4)cccc32)cc1OCc1cncc(C#N)c1. The molecule has 8 heteroatoms. The maximum Gasteiger partial charge on any atom is 0.258 e. The minimum Gasteiger partial charge on any atom is -0.488 e. The molecule has 0 fully saturated rings. The van der Waals surface area contributed by atoms with Gasteiger partial charge in [-0.15, -0.1) is 0 Å². The highest BCUT2D eigenvalue weighted by molar-refractivity contribution is 6.08. The molecule has 0 radical (unpaired) electrons. The zero-order valence-electron chi connectivity index (χ0n) is 22.9. The number of hydrogen-bond donors (Lipinski definition) is 2. The van der Waals surface area contributed by atoms with Gasteiger partial charge in [-0.05, 0) is 47.4 Å². The molecule has 0 saturated heterocycles. The Bertz CT molecular complexity index is 1600. The molecular formula is C33H31N5O3. The lowest BCUT2D eigenvalue weighted by atomic mass is 9.98. The van der Waals surface area contributed by atoms with Crippen LogP contribution < -0.4 is 20.3 Å². The zero-order chi connectivity index (χ0) is 28.6. The fourth-order valence-electron chi connectivity index (χ4n) is 5.00. The normalized spacial score (nSPS) is 12.0. The van der Waals surface area contributed by atoms with Crippen molar-refractivity contribution in [1.29, 1.82) is 5.26 Å². The number of aromatic nitrogens is 1. The molecule has 5 rings (SSSR count). The van der Waals surface area contributed by atoms with Crippen molar-refractivity contribution in [3.8, 4) is 22.9 Å². The highest BCUT2D eigenvalue weighted by atomic mass is 16.5. The molecular weight excluding hydrogens is 514 g/mol. The van der Waals surface area contributed by atoms with Gasteiger partial charge in [0.1, 0.15) is 18.4 Å². The van der Waals surface area contributed by atoms with Crippen LogP contribution in [-0.2, 0) is 24.4 Å². The lowest BCUT2D eigenvalue weighted by Gasteiger charge is -2.20. The van der Waals surface area contributed by atoms with E-state index in [1.165, 1.54) is 18.7 Å². The maximum absolute atomic E-state index is 13.8. The van der Waals surface area contributed by atoms with E-state index < -0.39 is 0 Å². The van der Waals surface area contributed by atoms with Gasteiger partial charge in [0.25, 0.3) is 5.91 Å². The number of carbonyl (C=O) groups is 2. The summed E-state index contributed by atoms with van der Waals surface area (Å²) in [6, 6.07) is 25.7. The van der Waals surface area contributed by atoms with Gasteiger partial charge in [-0.25, -0.2) is 0 Å². The summed E-state index contributed by atoms with van der Waals surface area (Å²) in [6.07, 6.45) is 3.95. The van der Waals surface area contributed by atoms with Gasteiger partial charge >= 0.3 is 0 Å². The molecule has 4 aromatic rings. The Morgan fingerprint density at radius 1 is 1.02 bits per heavy atom. The molecule has 2 heterocycles. The maximum atomic E-state index is 13.8. The molecule has 0 spiro atoms. The second-order valence-electron chi connectivity index (χ2n) is 9.84. The summed E-state index contributed by atoms with van der Waals surface area (Å²) >= 11 is 0. The van der Waals surface area contributed by atoms with Crippen molar-refractivity contribution in [2.45, 2.75) is 26.5 Å². The number of anilines is 1. The summed E-state index contributed by atoms with van der Waals surface area (Å²) in [6.45, 7) is 3.88. The van der Waals surface area contributed by atoms with E-state index in [9.17, 15) is 14.9 Å². The molecule has 206 valence electrons. The van der Waals surface area contributed by atoms with Crippen LogP contribution in [0.2, 0.25) is 0 Å². The van der Waals surface area contributed by atoms with Gasteiger partial charge in [0, 0.05) is 67.9 Å². The Kier molecular flexibility index (Phi) is 8.67. The molecule has 0 atom stereocenters. The molecule has 41 heavy (non-hydrogen) atoms. The fraction of sp³-hybridized carbons (Fsp3) is 0.212. The highest BCUT2D eigenvalue weighted by Gasteiger charge is 2.28. The van der Waals surface area contributed by atoms with E-state index in [0.717, 1.165) is 34.4 Å². The number of nitrogens with one attached hydrogen (secondary N) is 2. The average molecular weight is 546 g/mol. The Morgan fingerprint density at radius 2 is 1.88 bits per heavy atom.